The standard InChI is InChI=1S/C12H16ClNO/c1-8-6-10(7-11(15)12(8)13)9-2-4-14-5-3-9/h6-7,9,14-15H,2-5H2,1H3. The summed E-state index contributed by atoms with van der Waals surface area (Å²) in [5.74, 6) is 0.776. The van der Waals surface area contributed by atoms with Gasteiger partial charge in [0.05, 0.1) is 5.02 Å². The summed E-state index contributed by atoms with van der Waals surface area (Å²) in [7, 11) is 0. The molecule has 0 atom stereocenters. The summed E-state index contributed by atoms with van der Waals surface area (Å²) in [5, 5.41) is 13.5. The van der Waals surface area contributed by atoms with Gasteiger partial charge in [-0.3, -0.25) is 0 Å². The van der Waals surface area contributed by atoms with Crippen LogP contribution >= 0.6 is 11.6 Å². The average molecular weight is 226 g/mol. The summed E-state index contributed by atoms with van der Waals surface area (Å²) in [6, 6.07) is 3.91. The van der Waals surface area contributed by atoms with E-state index in [0.717, 1.165) is 31.5 Å². The van der Waals surface area contributed by atoms with Gasteiger partial charge in [0.1, 0.15) is 5.75 Å². The molecule has 2 nitrogen and oxygen atoms in total. The predicted molar refractivity (Wildman–Crippen MR) is 62.7 cm³/mol. The lowest BCUT2D eigenvalue weighted by Gasteiger charge is -2.23. The molecule has 0 radical (unpaired) electrons. The molecule has 0 unspecified atom stereocenters. The SMILES string of the molecule is Cc1cc(C2CCNCC2)cc(O)c1Cl. The van der Waals surface area contributed by atoms with Gasteiger partial charge in [-0.2, -0.15) is 0 Å². The number of phenols is 1. The molecule has 1 aliphatic rings. The molecule has 1 aliphatic heterocycles. The van der Waals surface area contributed by atoms with Crippen molar-refractivity contribution in [2.75, 3.05) is 13.1 Å². The summed E-state index contributed by atoms with van der Waals surface area (Å²) in [6.07, 6.45) is 2.28. The maximum Gasteiger partial charge on any atom is 0.134 e. The Labute approximate surface area is 95.3 Å². The van der Waals surface area contributed by atoms with Crippen LogP contribution in [0.5, 0.6) is 5.75 Å². The largest absolute Gasteiger partial charge is 0.506 e. The Morgan fingerprint density at radius 1 is 1.33 bits per heavy atom. The Morgan fingerprint density at radius 3 is 2.60 bits per heavy atom. The van der Waals surface area contributed by atoms with Gasteiger partial charge in [-0.25, -0.2) is 0 Å². The van der Waals surface area contributed by atoms with Crippen LogP contribution in [-0.2, 0) is 0 Å². The van der Waals surface area contributed by atoms with Crippen LogP contribution < -0.4 is 5.32 Å². The molecule has 2 N–H and O–H groups in total. The number of nitrogens with one attached hydrogen (secondary N) is 1. The Balaban J connectivity index is 2.27. The fraction of sp³-hybridized carbons (Fsp3) is 0.500. The van der Waals surface area contributed by atoms with Gasteiger partial charge in [-0.1, -0.05) is 17.7 Å². The molecule has 0 aromatic heterocycles. The maximum absolute atomic E-state index is 9.66. The van der Waals surface area contributed by atoms with Crippen molar-refractivity contribution >= 4 is 11.6 Å². The van der Waals surface area contributed by atoms with E-state index in [1.807, 2.05) is 13.0 Å². The van der Waals surface area contributed by atoms with Crippen LogP contribution in [0, 0.1) is 6.92 Å². The third-order valence-electron chi connectivity index (χ3n) is 3.07. The van der Waals surface area contributed by atoms with E-state index in [2.05, 4.69) is 11.4 Å². The van der Waals surface area contributed by atoms with Crippen LogP contribution in [0.4, 0.5) is 0 Å². The van der Waals surface area contributed by atoms with Crippen molar-refractivity contribution in [2.45, 2.75) is 25.7 Å². The van der Waals surface area contributed by atoms with E-state index in [0.29, 0.717) is 10.9 Å². The van der Waals surface area contributed by atoms with Crippen molar-refractivity contribution in [3.8, 4) is 5.75 Å². The van der Waals surface area contributed by atoms with E-state index in [4.69, 9.17) is 11.6 Å². The van der Waals surface area contributed by atoms with Crippen molar-refractivity contribution in [3.05, 3.63) is 28.3 Å². The first-order valence-electron chi connectivity index (χ1n) is 5.38. The maximum atomic E-state index is 9.66. The van der Waals surface area contributed by atoms with Crippen molar-refractivity contribution in [2.24, 2.45) is 0 Å². The topological polar surface area (TPSA) is 32.3 Å². The average Bonchev–Trinajstić information content (AvgIpc) is 2.26. The summed E-state index contributed by atoms with van der Waals surface area (Å²) in [5.41, 5.74) is 2.18. The first-order valence-corrected chi connectivity index (χ1v) is 5.76. The highest BCUT2D eigenvalue weighted by Crippen LogP contribution is 2.34. The van der Waals surface area contributed by atoms with E-state index in [1.165, 1.54) is 5.56 Å². The van der Waals surface area contributed by atoms with Crippen LogP contribution in [0.25, 0.3) is 0 Å². The van der Waals surface area contributed by atoms with Gasteiger partial charge in [-0.15, -0.1) is 0 Å². The Hall–Kier alpha value is -0.730. The monoisotopic (exact) mass is 225 g/mol. The van der Waals surface area contributed by atoms with E-state index >= 15 is 0 Å². The van der Waals surface area contributed by atoms with Gasteiger partial charge >= 0.3 is 0 Å². The zero-order chi connectivity index (χ0) is 10.8. The van der Waals surface area contributed by atoms with Crippen LogP contribution in [-0.4, -0.2) is 18.2 Å². The number of aryl methyl sites for hydroxylation is 1. The quantitative estimate of drug-likeness (QED) is 0.771. The number of phenolic OH excluding ortho intramolecular Hbond substituents is 1. The van der Waals surface area contributed by atoms with Crippen molar-refractivity contribution in [1.82, 2.24) is 5.32 Å². The van der Waals surface area contributed by atoms with E-state index in [9.17, 15) is 5.11 Å². The minimum atomic E-state index is 0.213. The highest BCUT2D eigenvalue weighted by Gasteiger charge is 2.17. The molecular formula is C12H16ClNO. The van der Waals surface area contributed by atoms with Crippen molar-refractivity contribution in [1.29, 1.82) is 0 Å². The Morgan fingerprint density at radius 2 is 2.00 bits per heavy atom. The van der Waals surface area contributed by atoms with Gasteiger partial charge in [0.2, 0.25) is 0 Å². The number of aromatic hydroxyl groups is 1. The van der Waals surface area contributed by atoms with Crippen molar-refractivity contribution < 1.29 is 5.11 Å². The number of halogens is 1. The second kappa shape index (κ2) is 4.42. The molecule has 0 bridgehead atoms. The third kappa shape index (κ3) is 2.27. The smallest absolute Gasteiger partial charge is 0.134 e. The number of hydrogen-bond donors (Lipinski definition) is 2. The number of benzene rings is 1. The van der Waals surface area contributed by atoms with Crippen LogP contribution in [0.3, 0.4) is 0 Å². The highest BCUT2D eigenvalue weighted by molar-refractivity contribution is 6.32. The molecule has 1 saturated heterocycles. The van der Waals surface area contributed by atoms with E-state index < -0.39 is 0 Å². The first kappa shape index (κ1) is 10.8. The molecule has 15 heavy (non-hydrogen) atoms. The van der Waals surface area contributed by atoms with Gasteiger partial charge in [0.15, 0.2) is 0 Å². The Kier molecular flexibility index (Phi) is 3.17. The second-order valence-electron chi connectivity index (χ2n) is 4.20. The molecule has 2 rings (SSSR count). The van der Waals surface area contributed by atoms with Crippen LogP contribution in [0.1, 0.15) is 29.9 Å². The normalized spacial score (nSPS) is 18.0. The molecule has 0 saturated carbocycles. The van der Waals surface area contributed by atoms with Crippen LogP contribution in [0.15, 0.2) is 12.1 Å². The first-order chi connectivity index (χ1) is 7.18. The fourth-order valence-corrected chi connectivity index (χ4v) is 2.28. The van der Waals surface area contributed by atoms with E-state index in [1.54, 1.807) is 0 Å². The molecular weight excluding hydrogens is 210 g/mol. The minimum Gasteiger partial charge on any atom is -0.506 e. The number of piperidine rings is 1. The lowest BCUT2D eigenvalue weighted by atomic mass is 9.89. The lowest BCUT2D eigenvalue weighted by molar-refractivity contribution is 0.451. The molecule has 1 aromatic rings. The predicted octanol–water partition coefficient (Wildman–Crippen LogP) is 2.82. The summed E-state index contributed by atoms with van der Waals surface area (Å²) < 4.78 is 0. The molecule has 0 amide bonds. The molecule has 1 heterocycles. The van der Waals surface area contributed by atoms with Crippen LogP contribution in [0.2, 0.25) is 5.02 Å². The molecule has 0 spiro atoms. The van der Waals surface area contributed by atoms with Gasteiger partial charge < -0.3 is 10.4 Å². The molecule has 1 fully saturated rings. The Bertz CT molecular complexity index is 336. The highest BCUT2D eigenvalue weighted by atomic mass is 35.5. The summed E-state index contributed by atoms with van der Waals surface area (Å²) in [6.45, 7) is 4.06. The molecule has 3 heteroatoms. The minimum absolute atomic E-state index is 0.213. The fourth-order valence-electron chi connectivity index (χ4n) is 2.17. The number of rotatable bonds is 1. The molecule has 0 aliphatic carbocycles. The third-order valence-corrected chi connectivity index (χ3v) is 3.56. The van der Waals surface area contributed by atoms with Crippen molar-refractivity contribution in [3.63, 3.8) is 0 Å². The zero-order valence-corrected chi connectivity index (χ0v) is 9.64. The van der Waals surface area contributed by atoms with Gasteiger partial charge in [-0.05, 0) is 56.0 Å². The lowest BCUT2D eigenvalue weighted by Crippen LogP contribution is -2.26. The summed E-state index contributed by atoms with van der Waals surface area (Å²) in [4.78, 5) is 0. The zero-order valence-electron chi connectivity index (χ0n) is 8.89. The molecule has 1 aromatic carbocycles. The van der Waals surface area contributed by atoms with Gasteiger partial charge in [0, 0.05) is 0 Å². The molecule has 82 valence electrons. The van der Waals surface area contributed by atoms with E-state index in [-0.39, 0.29) is 5.75 Å². The number of hydrogen-bond acceptors (Lipinski definition) is 2. The van der Waals surface area contributed by atoms with Gasteiger partial charge in [0.25, 0.3) is 0 Å². The summed E-state index contributed by atoms with van der Waals surface area (Å²) >= 11 is 5.93. The second-order valence-corrected chi connectivity index (χ2v) is 4.57.